The number of carbonyl (C=O) groups is 2. The minimum Gasteiger partial charge on any atom is -0.335 e. The summed E-state index contributed by atoms with van der Waals surface area (Å²) in [6.45, 7) is -0.0848. The molecule has 0 unspecified atom stereocenters. The molecule has 1 fully saturated rings. The molecule has 3 N–H and O–H groups in total. The Morgan fingerprint density at radius 1 is 1.26 bits per heavy atom. The number of urea groups is 1. The van der Waals surface area contributed by atoms with E-state index in [1.165, 1.54) is 0 Å². The Morgan fingerprint density at radius 2 is 1.95 bits per heavy atom. The molecule has 0 aromatic heterocycles. The molecular weight excluding hydrogens is 244 g/mol. The van der Waals surface area contributed by atoms with Gasteiger partial charge in [-0.15, -0.1) is 0 Å². The summed E-state index contributed by atoms with van der Waals surface area (Å²) < 4.78 is 0. The summed E-state index contributed by atoms with van der Waals surface area (Å²) in [5.41, 5.74) is 1.12. The number of carbonyl (C=O) groups excluding carboxylic acids is 2. The fourth-order valence-corrected chi connectivity index (χ4v) is 1.46. The molecule has 6 nitrogen and oxygen atoms in total. The van der Waals surface area contributed by atoms with Crippen molar-refractivity contribution >= 4 is 17.6 Å². The molecule has 1 aliphatic rings. The Labute approximate surface area is 110 Å². The number of amides is 3. The lowest BCUT2D eigenvalue weighted by atomic mass is 10.2. The van der Waals surface area contributed by atoms with E-state index in [2.05, 4.69) is 16.0 Å². The van der Waals surface area contributed by atoms with Crippen LogP contribution in [-0.4, -0.2) is 24.5 Å². The number of hydrogen-bond acceptors (Lipinski definition) is 3. The monoisotopic (exact) mass is 258 g/mol. The Hall–Kier alpha value is -2.55. The second-order valence-electron chi connectivity index (χ2n) is 4.34. The minimum atomic E-state index is -0.322. The molecule has 1 aromatic carbocycles. The highest BCUT2D eigenvalue weighted by molar-refractivity contribution is 5.94. The van der Waals surface area contributed by atoms with E-state index in [-0.39, 0.29) is 24.5 Å². The first-order chi connectivity index (χ1) is 9.17. The van der Waals surface area contributed by atoms with Crippen LogP contribution < -0.4 is 16.0 Å². The van der Waals surface area contributed by atoms with Gasteiger partial charge in [0.15, 0.2) is 0 Å². The van der Waals surface area contributed by atoms with Crippen molar-refractivity contribution in [1.29, 1.82) is 5.26 Å². The lowest BCUT2D eigenvalue weighted by Crippen LogP contribution is -2.40. The topological polar surface area (TPSA) is 94.0 Å². The Bertz CT molecular complexity index is 514. The summed E-state index contributed by atoms with van der Waals surface area (Å²) in [6.07, 6.45) is 2.01. The van der Waals surface area contributed by atoms with Gasteiger partial charge < -0.3 is 16.0 Å². The van der Waals surface area contributed by atoms with Crippen molar-refractivity contribution in [2.45, 2.75) is 18.9 Å². The van der Waals surface area contributed by atoms with Crippen LogP contribution in [0.25, 0.3) is 0 Å². The number of rotatable bonds is 4. The van der Waals surface area contributed by atoms with Crippen molar-refractivity contribution in [3.63, 3.8) is 0 Å². The van der Waals surface area contributed by atoms with Crippen LogP contribution >= 0.6 is 0 Å². The number of anilines is 1. The van der Waals surface area contributed by atoms with E-state index in [9.17, 15) is 9.59 Å². The van der Waals surface area contributed by atoms with Gasteiger partial charge in [-0.1, -0.05) is 0 Å². The van der Waals surface area contributed by atoms with E-state index < -0.39 is 0 Å². The highest BCUT2D eigenvalue weighted by atomic mass is 16.2. The van der Waals surface area contributed by atoms with Crippen LogP contribution in [0.1, 0.15) is 18.4 Å². The maximum Gasteiger partial charge on any atom is 0.315 e. The average molecular weight is 258 g/mol. The molecule has 0 atom stereocenters. The van der Waals surface area contributed by atoms with Crippen LogP contribution in [0.2, 0.25) is 0 Å². The quantitative estimate of drug-likeness (QED) is 0.750. The predicted molar refractivity (Wildman–Crippen MR) is 69.3 cm³/mol. The van der Waals surface area contributed by atoms with Crippen molar-refractivity contribution in [3.8, 4) is 6.07 Å². The molecule has 0 bridgehead atoms. The molecule has 6 heteroatoms. The van der Waals surface area contributed by atoms with Crippen LogP contribution in [0.5, 0.6) is 0 Å². The first-order valence-corrected chi connectivity index (χ1v) is 6.02. The van der Waals surface area contributed by atoms with Gasteiger partial charge in [-0.25, -0.2) is 4.79 Å². The summed E-state index contributed by atoms with van der Waals surface area (Å²) in [5.74, 6) is -0.310. The van der Waals surface area contributed by atoms with E-state index >= 15 is 0 Å². The summed E-state index contributed by atoms with van der Waals surface area (Å²) in [7, 11) is 0. The van der Waals surface area contributed by atoms with Crippen molar-refractivity contribution < 1.29 is 9.59 Å². The molecule has 3 amide bonds. The highest BCUT2D eigenvalue weighted by Crippen LogP contribution is 2.18. The lowest BCUT2D eigenvalue weighted by Gasteiger charge is -2.07. The van der Waals surface area contributed by atoms with Crippen LogP contribution in [0, 0.1) is 11.3 Å². The Balaban J connectivity index is 1.73. The van der Waals surface area contributed by atoms with Crippen LogP contribution in [0.15, 0.2) is 24.3 Å². The second kappa shape index (κ2) is 5.87. The van der Waals surface area contributed by atoms with Crippen molar-refractivity contribution in [3.05, 3.63) is 29.8 Å². The third-order valence-corrected chi connectivity index (χ3v) is 2.62. The zero-order chi connectivity index (χ0) is 13.7. The normalized spacial score (nSPS) is 13.2. The van der Waals surface area contributed by atoms with E-state index in [0.717, 1.165) is 12.8 Å². The summed E-state index contributed by atoms with van der Waals surface area (Å²) in [6, 6.07) is 8.44. The number of hydrogen-bond donors (Lipinski definition) is 3. The standard InChI is InChI=1S/C13H14N4O2/c14-7-9-1-3-10(4-2-9)16-12(18)8-15-13(19)17-11-5-6-11/h1-4,11H,5-6,8H2,(H,16,18)(H2,15,17,19). The number of nitriles is 1. The van der Waals surface area contributed by atoms with E-state index in [4.69, 9.17) is 5.26 Å². The summed E-state index contributed by atoms with van der Waals surface area (Å²) in [4.78, 5) is 22.8. The maximum atomic E-state index is 11.6. The van der Waals surface area contributed by atoms with Crippen LogP contribution in [-0.2, 0) is 4.79 Å². The Morgan fingerprint density at radius 3 is 2.53 bits per heavy atom. The first-order valence-electron chi connectivity index (χ1n) is 6.02. The van der Waals surface area contributed by atoms with Crippen LogP contribution in [0.3, 0.4) is 0 Å². The molecule has 1 aliphatic carbocycles. The van der Waals surface area contributed by atoms with Gasteiger partial charge in [-0.05, 0) is 37.1 Å². The molecule has 0 aliphatic heterocycles. The minimum absolute atomic E-state index is 0.0848. The molecule has 98 valence electrons. The molecular formula is C13H14N4O2. The first kappa shape index (κ1) is 12.9. The molecule has 19 heavy (non-hydrogen) atoms. The molecule has 0 saturated heterocycles. The van der Waals surface area contributed by atoms with Gasteiger partial charge in [0.05, 0.1) is 18.2 Å². The summed E-state index contributed by atoms with van der Waals surface area (Å²) in [5, 5.41) is 16.5. The molecule has 0 radical (unpaired) electrons. The zero-order valence-electron chi connectivity index (χ0n) is 10.3. The fraction of sp³-hybridized carbons (Fsp3) is 0.308. The molecule has 1 saturated carbocycles. The SMILES string of the molecule is N#Cc1ccc(NC(=O)CNC(=O)NC2CC2)cc1. The number of benzene rings is 1. The second-order valence-corrected chi connectivity index (χ2v) is 4.34. The molecule has 0 heterocycles. The molecule has 2 rings (SSSR count). The van der Waals surface area contributed by atoms with E-state index in [0.29, 0.717) is 11.3 Å². The van der Waals surface area contributed by atoms with E-state index in [1.807, 2.05) is 6.07 Å². The van der Waals surface area contributed by atoms with Gasteiger partial charge in [-0.3, -0.25) is 4.79 Å². The summed E-state index contributed by atoms with van der Waals surface area (Å²) >= 11 is 0. The zero-order valence-corrected chi connectivity index (χ0v) is 10.3. The number of nitrogens with one attached hydrogen (secondary N) is 3. The predicted octanol–water partition coefficient (Wildman–Crippen LogP) is 0.958. The average Bonchev–Trinajstić information content (AvgIpc) is 3.21. The van der Waals surface area contributed by atoms with E-state index in [1.54, 1.807) is 24.3 Å². The third-order valence-electron chi connectivity index (χ3n) is 2.62. The van der Waals surface area contributed by atoms with Crippen molar-refractivity contribution in [2.75, 3.05) is 11.9 Å². The van der Waals surface area contributed by atoms with Gasteiger partial charge >= 0.3 is 6.03 Å². The van der Waals surface area contributed by atoms with Gasteiger partial charge in [0, 0.05) is 11.7 Å². The van der Waals surface area contributed by atoms with Crippen LogP contribution in [0.4, 0.5) is 10.5 Å². The van der Waals surface area contributed by atoms with Crippen molar-refractivity contribution in [1.82, 2.24) is 10.6 Å². The Kier molecular flexibility index (Phi) is 3.98. The van der Waals surface area contributed by atoms with Gasteiger partial charge in [0.1, 0.15) is 0 Å². The fourth-order valence-electron chi connectivity index (χ4n) is 1.46. The molecule has 1 aromatic rings. The molecule has 0 spiro atoms. The van der Waals surface area contributed by atoms with Gasteiger partial charge in [0.25, 0.3) is 0 Å². The smallest absolute Gasteiger partial charge is 0.315 e. The van der Waals surface area contributed by atoms with Gasteiger partial charge in [-0.2, -0.15) is 5.26 Å². The van der Waals surface area contributed by atoms with Gasteiger partial charge in [0.2, 0.25) is 5.91 Å². The lowest BCUT2D eigenvalue weighted by molar-refractivity contribution is -0.115. The maximum absolute atomic E-state index is 11.6. The highest BCUT2D eigenvalue weighted by Gasteiger charge is 2.23. The third kappa shape index (κ3) is 4.32. The van der Waals surface area contributed by atoms with Crippen molar-refractivity contribution in [2.24, 2.45) is 0 Å². The largest absolute Gasteiger partial charge is 0.335 e. The number of nitrogens with zero attached hydrogens (tertiary/aromatic N) is 1.